The van der Waals surface area contributed by atoms with E-state index in [-0.39, 0.29) is 5.78 Å². The molecule has 0 amide bonds. The molecule has 1 aromatic heterocycles. The Morgan fingerprint density at radius 3 is 2.83 bits per heavy atom. The Morgan fingerprint density at radius 1 is 1.58 bits per heavy atom. The molecule has 12 heavy (non-hydrogen) atoms. The average molecular weight is 166 g/mol. The van der Waals surface area contributed by atoms with Crippen LogP contribution in [0.25, 0.3) is 0 Å². The van der Waals surface area contributed by atoms with Gasteiger partial charge in [0, 0.05) is 19.2 Å². The second kappa shape index (κ2) is 4.04. The monoisotopic (exact) mass is 166 g/mol. The van der Waals surface area contributed by atoms with Gasteiger partial charge in [-0.15, -0.1) is 0 Å². The van der Waals surface area contributed by atoms with E-state index < -0.39 is 0 Å². The van der Waals surface area contributed by atoms with E-state index in [1.54, 1.807) is 12.5 Å². The highest BCUT2D eigenvalue weighted by atomic mass is 16.1. The molecule has 0 saturated heterocycles. The molecule has 1 heterocycles. The van der Waals surface area contributed by atoms with E-state index in [9.17, 15) is 4.79 Å². The Morgan fingerprint density at radius 2 is 2.33 bits per heavy atom. The van der Waals surface area contributed by atoms with Crippen LogP contribution in [0, 0.1) is 0 Å². The van der Waals surface area contributed by atoms with Crippen molar-refractivity contribution in [3.63, 3.8) is 0 Å². The first-order valence-corrected chi connectivity index (χ1v) is 4.32. The van der Waals surface area contributed by atoms with Crippen molar-refractivity contribution in [1.29, 1.82) is 0 Å². The van der Waals surface area contributed by atoms with Crippen molar-refractivity contribution in [2.45, 2.75) is 33.2 Å². The zero-order valence-corrected chi connectivity index (χ0v) is 7.58. The molecule has 0 unspecified atom stereocenters. The first-order valence-electron chi connectivity index (χ1n) is 4.32. The van der Waals surface area contributed by atoms with E-state index in [0.29, 0.717) is 12.1 Å². The summed E-state index contributed by atoms with van der Waals surface area (Å²) in [6.07, 6.45) is 4.99. The Kier molecular flexibility index (Phi) is 3.02. The normalized spacial score (nSPS) is 10.2. The maximum atomic E-state index is 11.3. The number of hydrogen-bond acceptors (Lipinski definition) is 2. The molecule has 0 bridgehead atoms. The Hall–Kier alpha value is -1.12. The van der Waals surface area contributed by atoms with E-state index in [2.05, 4.69) is 4.98 Å². The van der Waals surface area contributed by atoms with Crippen molar-refractivity contribution in [2.24, 2.45) is 0 Å². The van der Waals surface area contributed by atoms with Gasteiger partial charge in [-0.2, -0.15) is 0 Å². The van der Waals surface area contributed by atoms with E-state index in [0.717, 1.165) is 13.0 Å². The predicted octanol–water partition coefficient (Wildman–Crippen LogP) is 1.89. The van der Waals surface area contributed by atoms with E-state index in [1.807, 2.05) is 18.4 Å². The lowest BCUT2D eigenvalue weighted by Crippen LogP contribution is -1.98. The topological polar surface area (TPSA) is 34.9 Å². The van der Waals surface area contributed by atoms with Crippen molar-refractivity contribution in [1.82, 2.24) is 9.55 Å². The van der Waals surface area contributed by atoms with Gasteiger partial charge in [-0.05, 0) is 13.3 Å². The van der Waals surface area contributed by atoms with Gasteiger partial charge >= 0.3 is 0 Å². The lowest BCUT2D eigenvalue weighted by Gasteiger charge is -1.92. The van der Waals surface area contributed by atoms with Crippen LogP contribution in [-0.4, -0.2) is 15.3 Å². The molecule has 1 aromatic rings. The number of rotatable bonds is 4. The molecule has 0 saturated carbocycles. The summed E-state index contributed by atoms with van der Waals surface area (Å²) in [5.74, 6) is 0.143. The standard InChI is InChI=1S/C9H14N2O/c1-3-5-9(12)8-6-11(4-2)7-10-8/h6-7H,3-5H2,1-2H3. The largest absolute Gasteiger partial charge is 0.337 e. The number of Topliss-reactive ketones (excluding diaryl/α,β-unsaturated/α-hetero) is 1. The third kappa shape index (κ3) is 1.94. The quantitative estimate of drug-likeness (QED) is 0.640. The lowest BCUT2D eigenvalue weighted by atomic mass is 10.2. The molecular weight excluding hydrogens is 152 g/mol. The van der Waals surface area contributed by atoms with Crippen molar-refractivity contribution in [3.05, 3.63) is 18.2 Å². The van der Waals surface area contributed by atoms with E-state index in [4.69, 9.17) is 0 Å². The van der Waals surface area contributed by atoms with Crippen molar-refractivity contribution >= 4 is 5.78 Å². The van der Waals surface area contributed by atoms with Gasteiger partial charge < -0.3 is 4.57 Å². The zero-order valence-electron chi connectivity index (χ0n) is 7.58. The van der Waals surface area contributed by atoms with Crippen LogP contribution in [0.15, 0.2) is 12.5 Å². The van der Waals surface area contributed by atoms with Crippen LogP contribution in [0.2, 0.25) is 0 Å². The van der Waals surface area contributed by atoms with Gasteiger partial charge in [-0.25, -0.2) is 4.98 Å². The maximum absolute atomic E-state index is 11.3. The Bertz CT molecular complexity index is 265. The van der Waals surface area contributed by atoms with Gasteiger partial charge in [-0.3, -0.25) is 4.79 Å². The second-order valence-electron chi connectivity index (χ2n) is 2.76. The highest BCUT2D eigenvalue weighted by Crippen LogP contribution is 2.02. The van der Waals surface area contributed by atoms with Crippen LogP contribution >= 0.6 is 0 Å². The summed E-state index contributed by atoms with van der Waals surface area (Å²) in [5, 5.41) is 0. The predicted molar refractivity (Wildman–Crippen MR) is 47.1 cm³/mol. The number of carbonyl (C=O) groups is 1. The van der Waals surface area contributed by atoms with Crippen LogP contribution in [-0.2, 0) is 6.54 Å². The summed E-state index contributed by atoms with van der Waals surface area (Å²) in [4.78, 5) is 15.3. The minimum absolute atomic E-state index is 0.143. The SMILES string of the molecule is CCCC(=O)c1cn(CC)cn1. The number of hydrogen-bond donors (Lipinski definition) is 0. The molecule has 0 N–H and O–H groups in total. The first-order chi connectivity index (χ1) is 5.77. The van der Waals surface area contributed by atoms with Crippen molar-refractivity contribution in [3.8, 4) is 0 Å². The highest BCUT2D eigenvalue weighted by molar-refractivity contribution is 5.93. The molecule has 0 aliphatic heterocycles. The molecule has 0 atom stereocenters. The van der Waals surface area contributed by atoms with E-state index >= 15 is 0 Å². The summed E-state index contributed by atoms with van der Waals surface area (Å²) >= 11 is 0. The number of nitrogens with zero attached hydrogens (tertiary/aromatic N) is 2. The summed E-state index contributed by atoms with van der Waals surface area (Å²) in [7, 11) is 0. The lowest BCUT2D eigenvalue weighted by molar-refractivity contribution is 0.0977. The maximum Gasteiger partial charge on any atom is 0.182 e. The van der Waals surface area contributed by atoms with Gasteiger partial charge in [0.1, 0.15) is 5.69 Å². The molecule has 0 spiro atoms. The summed E-state index contributed by atoms with van der Waals surface area (Å²) in [5.41, 5.74) is 0.596. The summed E-state index contributed by atoms with van der Waals surface area (Å²) < 4.78 is 1.91. The van der Waals surface area contributed by atoms with Crippen molar-refractivity contribution in [2.75, 3.05) is 0 Å². The van der Waals surface area contributed by atoms with Crippen LogP contribution in [0.3, 0.4) is 0 Å². The van der Waals surface area contributed by atoms with Gasteiger partial charge in [0.2, 0.25) is 0 Å². The highest BCUT2D eigenvalue weighted by Gasteiger charge is 2.06. The second-order valence-corrected chi connectivity index (χ2v) is 2.76. The minimum atomic E-state index is 0.143. The van der Waals surface area contributed by atoms with Crippen LogP contribution in [0.4, 0.5) is 0 Å². The van der Waals surface area contributed by atoms with Crippen LogP contribution in [0.5, 0.6) is 0 Å². The molecule has 1 rings (SSSR count). The van der Waals surface area contributed by atoms with E-state index in [1.165, 1.54) is 0 Å². The Balaban J connectivity index is 2.68. The average Bonchev–Trinajstić information content (AvgIpc) is 2.52. The van der Waals surface area contributed by atoms with Gasteiger partial charge in [0.15, 0.2) is 5.78 Å². The molecule has 0 radical (unpaired) electrons. The third-order valence-electron chi connectivity index (χ3n) is 1.76. The van der Waals surface area contributed by atoms with Gasteiger partial charge in [0.25, 0.3) is 0 Å². The number of ketones is 1. The minimum Gasteiger partial charge on any atom is -0.337 e. The molecule has 3 heteroatoms. The van der Waals surface area contributed by atoms with Gasteiger partial charge in [0.05, 0.1) is 6.33 Å². The number of carbonyl (C=O) groups excluding carboxylic acids is 1. The van der Waals surface area contributed by atoms with Crippen LogP contribution in [0.1, 0.15) is 37.2 Å². The first kappa shape index (κ1) is 8.97. The molecule has 0 aromatic carbocycles. The molecular formula is C9H14N2O. The van der Waals surface area contributed by atoms with Crippen LogP contribution < -0.4 is 0 Å². The fourth-order valence-electron chi connectivity index (χ4n) is 1.03. The molecule has 3 nitrogen and oxygen atoms in total. The summed E-state index contributed by atoms with van der Waals surface area (Å²) in [6.45, 7) is 4.89. The number of imidazole rings is 1. The molecule has 66 valence electrons. The third-order valence-corrected chi connectivity index (χ3v) is 1.76. The molecule has 0 aliphatic rings. The fraction of sp³-hybridized carbons (Fsp3) is 0.556. The zero-order chi connectivity index (χ0) is 8.97. The number of aromatic nitrogens is 2. The number of aryl methyl sites for hydroxylation is 1. The van der Waals surface area contributed by atoms with Crippen molar-refractivity contribution < 1.29 is 4.79 Å². The Labute approximate surface area is 72.4 Å². The molecule has 0 aliphatic carbocycles. The van der Waals surface area contributed by atoms with Gasteiger partial charge in [-0.1, -0.05) is 6.92 Å². The molecule has 0 fully saturated rings. The summed E-state index contributed by atoms with van der Waals surface area (Å²) in [6, 6.07) is 0. The fourth-order valence-corrected chi connectivity index (χ4v) is 1.03. The smallest absolute Gasteiger partial charge is 0.182 e.